The molecule has 252 valence electrons. The number of fused-ring (bicyclic) bond motifs is 4. The second-order valence-corrected chi connectivity index (χ2v) is 17.2. The summed E-state index contributed by atoms with van der Waals surface area (Å²) in [5, 5.41) is 11.0. The zero-order chi connectivity index (χ0) is 33.0. The summed E-state index contributed by atoms with van der Waals surface area (Å²) in [4.78, 5) is 49.4. The highest BCUT2D eigenvalue weighted by Gasteiger charge is 2.85. The van der Waals surface area contributed by atoms with E-state index in [2.05, 4.69) is 34.6 Å². The van der Waals surface area contributed by atoms with Gasteiger partial charge in [0.15, 0.2) is 18.2 Å². The molecule has 1 aliphatic heterocycles. The van der Waals surface area contributed by atoms with E-state index in [1.54, 1.807) is 13.8 Å². The molecule has 0 radical (unpaired) electrons. The minimum absolute atomic E-state index is 0.0722. The number of carbonyl (C=O) groups excluding carboxylic acids is 4. The number of esters is 1. The predicted octanol–water partition coefficient (Wildman–Crippen LogP) is 4.84. The Hall–Kier alpha value is -1.68. The van der Waals surface area contributed by atoms with Gasteiger partial charge in [-0.15, -0.1) is 0 Å². The van der Waals surface area contributed by atoms with Crippen LogP contribution in [-0.2, 0) is 38.1 Å². The molecule has 45 heavy (non-hydrogen) atoms. The van der Waals surface area contributed by atoms with Crippen LogP contribution in [0.2, 0.25) is 0 Å². The fourth-order valence-corrected chi connectivity index (χ4v) is 12.7. The van der Waals surface area contributed by atoms with Crippen molar-refractivity contribution < 1.29 is 43.2 Å². The van der Waals surface area contributed by atoms with E-state index in [9.17, 15) is 24.3 Å². The topological polar surface area (TPSA) is 125 Å². The van der Waals surface area contributed by atoms with Crippen molar-refractivity contribution in [2.45, 2.75) is 143 Å². The Kier molecular flexibility index (Phi) is 7.87. The molecule has 5 aliphatic carbocycles. The molecule has 1 unspecified atom stereocenters. The SMILES string of the molecule is CC(=O)O[C@@H]([C@H]1C[C@@H](C)[C@H]2[C@H](O1)C(=O)[C@@]1(C)[C@@H]3CC[C@H]4C(C)(C)[C@@H](O[C@@H](C=O)OCC=O)CCC45C[C@@]35CC[C@]21C)C(C)(C)O. The zero-order valence-electron chi connectivity index (χ0n) is 28.4. The molecule has 5 saturated carbocycles. The van der Waals surface area contributed by atoms with Gasteiger partial charge < -0.3 is 28.8 Å². The number of hydrogen-bond acceptors (Lipinski definition) is 9. The van der Waals surface area contributed by atoms with Gasteiger partial charge in [-0.2, -0.15) is 0 Å². The lowest BCUT2D eigenvalue weighted by Crippen LogP contribution is -2.59. The first kappa shape index (κ1) is 33.2. The van der Waals surface area contributed by atoms with Gasteiger partial charge in [0.25, 0.3) is 0 Å². The van der Waals surface area contributed by atoms with E-state index in [4.69, 9.17) is 18.9 Å². The van der Waals surface area contributed by atoms with E-state index >= 15 is 0 Å². The third-order valence-corrected chi connectivity index (χ3v) is 14.6. The Morgan fingerprint density at radius 2 is 1.73 bits per heavy atom. The van der Waals surface area contributed by atoms with Crippen LogP contribution in [-0.4, -0.2) is 72.3 Å². The van der Waals surface area contributed by atoms with Gasteiger partial charge in [0.05, 0.1) is 17.8 Å². The molecule has 2 spiro atoms. The minimum Gasteiger partial charge on any atom is -0.457 e. The van der Waals surface area contributed by atoms with E-state index in [0.717, 1.165) is 44.9 Å². The molecule has 6 rings (SSSR count). The van der Waals surface area contributed by atoms with Crippen LogP contribution in [0, 0.1) is 50.7 Å². The van der Waals surface area contributed by atoms with Gasteiger partial charge in [0, 0.05) is 18.3 Å². The summed E-state index contributed by atoms with van der Waals surface area (Å²) in [5.41, 5.74) is -2.00. The summed E-state index contributed by atoms with van der Waals surface area (Å²) in [6, 6.07) is 0. The normalized spacial score (nSPS) is 47.6. The number of carbonyl (C=O) groups is 4. The van der Waals surface area contributed by atoms with Gasteiger partial charge in [0.2, 0.25) is 6.29 Å². The highest BCUT2D eigenvalue weighted by molar-refractivity contribution is 5.93. The van der Waals surface area contributed by atoms with Gasteiger partial charge in [-0.05, 0) is 105 Å². The average molecular weight is 631 g/mol. The number of Topliss-reactive ketones (excluding diaryl/α,β-unsaturated/α-hetero) is 1. The second kappa shape index (κ2) is 10.7. The van der Waals surface area contributed by atoms with Gasteiger partial charge in [-0.3, -0.25) is 14.4 Å². The van der Waals surface area contributed by atoms with Crippen LogP contribution in [0.1, 0.15) is 107 Å². The molecule has 0 aromatic heterocycles. The van der Waals surface area contributed by atoms with Crippen LogP contribution < -0.4 is 0 Å². The molecule has 0 amide bonds. The monoisotopic (exact) mass is 630 g/mol. The standard InChI is InChI=1S/C36H54O9/c1-20-17-22(30(32(5,6)41)43-21(2)39)44-28-27(20)33(7)13-14-36-19-35(36)12-11-25(45-26(18-38)42-16-15-37)31(3,4)23(35)9-10-24(36)34(33,8)29(28)40/h15,18,20,22-28,30,41H,9-14,16-17,19H2,1-8H3/t20-,22-,23+,24+,25+,26+,27+,28+,30+,33-,34-,35?,36+/m1/s1. The fourth-order valence-electron chi connectivity index (χ4n) is 12.7. The maximum atomic E-state index is 14.9. The van der Waals surface area contributed by atoms with Crippen LogP contribution in [0.25, 0.3) is 0 Å². The van der Waals surface area contributed by atoms with Gasteiger partial charge in [-0.1, -0.05) is 34.6 Å². The average Bonchev–Trinajstić information content (AvgIpc) is 3.59. The third kappa shape index (κ3) is 4.45. The molecule has 0 aromatic rings. The van der Waals surface area contributed by atoms with Crippen LogP contribution in [0.15, 0.2) is 0 Å². The summed E-state index contributed by atoms with van der Waals surface area (Å²) in [7, 11) is 0. The first-order valence-electron chi connectivity index (χ1n) is 17.2. The maximum absolute atomic E-state index is 14.9. The van der Waals surface area contributed by atoms with E-state index in [1.807, 2.05) is 0 Å². The summed E-state index contributed by atoms with van der Waals surface area (Å²) < 4.78 is 23.9. The van der Waals surface area contributed by atoms with E-state index in [1.165, 1.54) is 6.92 Å². The highest BCUT2D eigenvalue weighted by Crippen LogP contribution is 2.89. The molecule has 13 atom stereocenters. The Bertz CT molecular complexity index is 1240. The fraction of sp³-hybridized carbons (Fsp3) is 0.889. The van der Waals surface area contributed by atoms with Crippen LogP contribution >= 0.6 is 0 Å². The molecule has 1 heterocycles. The number of hydrogen-bond donors (Lipinski definition) is 1. The first-order valence-corrected chi connectivity index (χ1v) is 17.2. The maximum Gasteiger partial charge on any atom is 0.303 e. The lowest BCUT2D eigenvalue weighted by atomic mass is 9.41. The number of ketones is 1. The van der Waals surface area contributed by atoms with E-state index in [-0.39, 0.29) is 57.9 Å². The van der Waals surface area contributed by atoms with Gasteiger partial charge in [0.1, 0.15) is 19.0 Å². The van der Waals surface area contributed by atoms with Crippen molar-refractivity contribution in [3.63, 3.8) is 0 Å². The van der Waals surface area contributed by atoms with Gasteiger partial charge >= 0.3 is 5.97 Å². The lowest BCUT2D eigenvalue weighted by molar-refractivity contribution is -0.221. The Labute approximate surface area is 267 Å². The Morgan fingerprint density at radius 3 is 2.36 bits per heavy atom. The lowest BCUT2D eigenvalue weighted by Gasteiger charge is -2.62. The smallest absolute Gasteiger partial charge is 0.303 e. The summed E-state index contributed by atoms with van der Waals surface area (Å²) in [6.45, 7) is 15.8. The predicted molar refractivity (Wildman–Crippen MR) is 164 cm³/mol. The van der Waals surface area contributed by atoms with E-state index in [0.29, 0.717) is 24.9 Å². The number of aliphatic hydroxyl groups is 1. The second-order valence-electron chi connectivity index (χ2n) is 17.2. The highest BCUT2D eigenvalue weighted by atomic mass is 16.7. The van der Waals surface area contributed by atoms with Crippen molar-refractivity contribution in [1.82, 2.24) is 0 Å². The number of aldehydes is 2. The molecule has 1 saturated heterocycles. The minimum atomic E-state index is -1.31. The summed E-state index contributed by atoms with van der Waals surface area (Å²) >= 11 is 0. The van der Waals surface area contributed by atoms with Crippen LogP contribution in [0.3, 0.4) is 0 Å². The molecule has 9 nitrogen and oxygen atoms in total. The van der Waals surface area contributed by atoms with Crippen molar-refractivity contribution in [3.8, 4) is 0 Å². The molecule has 6 aliphatic rings. The number of ether oxygens (including phenoxy) is 4. The Balaban J connectivity index is 1.28. The van der Waals surface area contributed by atoms with Crippen molar-refractivity contribution in [2.75, 3.05) is 6.61 Å². The molecule has 0 aromatic carbocycles. The van der Waals surface area contributed by atoms with Gasteiger partial charge in [-0.25, -0.2) is 0 Å². The van der Waals surface area contributed by atoms with Crippen molar-refractivity contribution in [1.29, 1.82) is 0 Å². The summed E-state index contributed by atoms with van der Waals surface area (Å²) in [5.74, 6) is 0.636. The largest absolute Gasteiger partial charge is 0.457 e. The van der Waals surface area contributed by atoms with Crippen molar-refractivity contribution in [3.05, 3.63) is 0 Å². The summed E-state index contributed by atoms with van der Waals surface area (Å²) in [6.07, 6.45) is 5.69. The molecular weight excluding hydrogens is 576 g/mol. The Morgan fingerprint density at radius 1 is 1.07 bits per heavy atom. The molecule has 9 heteroatoms. The number of rotatable bonds is 9. The van der Waals surface area contributed by atoms with Crippen molar-refractivity contribution >= 4 is 24.3 Å². The molecule has 6 fully saturated rings. The molecule has 0 bridgehead atoms. The molecule has 1 N–H and O–H groups in total. The van der Waals surface area contributed by atoms with E-state index < -0.39 is 41.6 Å². The van der Waals surface area contributed by atoms with Crippen LogP contribution in [0.5, 0.6) is 0 Å². The van der Waals surface area contributed by atoms with Crippen LogP contribution in [0.4, 0.5) is 0 Å². The first-order chi connectivity index (χ1) is 20.9. The van der Waals surface area contributed by atoms with Crippen molar-refractivity contribution in [2.24, 2.45) is 50.7 Å². The zero-order valence-corrected chi connectivity index (χ0v) is 28.4. The third-order valence-electron chi connectivity index (χ3n) is 14.6. The quantitative estimate of drug-likeness (QED) is 0.217. The molecular formula is C36H54O9.